The fourth-order valence-electron chi connectivity index (χ4n) is 0.709. The number of aldehydes is 1. The molecule has 0 amide bonds. The highest BCUT2D eigenvalue weighted by Crippen LogP contribution is 1.97. The second-order valence-electron chi connectivity index (χ2n) is 2.08. The topological polar surface area (TPSA) is 90.5 Å². The van der Waals surface area contributed by atoms with E-state index in [-0.39, 0.29) is 17.4 Å². The van der Waals surface area contributed by atoms with Crippen LogP contribution in [-0.4, -0.2) is 29.1 Å². The summed E-state index contributed by atoms with van der Waals surface area (Å²) >= 11 is 0. The second-order valence-corrected chi connectivity index (χ2v) is 2.08. The highest BCUT2D eigenvalue weighted by atomic mass is 16.6. The van der Waals surface area contributed by atoms with E-state index >= 15 is 0 Å². The maximum atomic E-state index is 10.5. The molecule has 0 unspecified atom stereocenters. The largest absolute Gasteiger partial charge is 0.398 e. The first kappa shape index (κ1) is 9.11. The Bertz CT molecular complexity index is 337. The van der Waals surface area contributed by atoms with Crippen molar-refractivity contribution >= 4 is 17.8 Å². The summed E-state index contributed by atoms with van der Waals surface area (Å²) in [5.74, 6) is 0.424. The van der Waals surface area contributed by atoms with E-state index in [2.05, 4.69) is 20.0 Å². The minimum atomic E-state index is 0.00907. The van der Waals surface area contributed by atoms with Crippen molar-refractivity contribution in [2.24, 2.45) is 5.16 Å². The Hall–Kier alpha value is -1.98. The van der Waals surface area contributed by atoms with Crippen molar-refractivity contribution in [3.63, 3.8) is 0 Å². The lowest BCUT2D eigenvalue weighted by molar-refractivity contribution is -0.102. The number of rotatable bonds is 3. The van der Waals surface area contributed by atoms with Gasteiger partial charge in [-0.15, -0.1) is 0 Å². The Labute approximate surface area is 74.4 Å². The third-order valence-electron chi connectivity index (χ3n) is 1.21. The number of aromatic nitrogens is 2. The summed E-state index contributed by atoms with van der Waals surface area (Å²) in [6.07, 6.45) is 1.94. The first-order chi connectivity index (χ1) is 6.27. The van der Waals surface area contributed by atoms with Gasteiger partial charge in [-0.05, 0) is 6.07 Å². The molecule has 0 radical (unpaired) electrons. The van der Waals surface area contributed by atoms with Crippen LogP contribution in [-0.2, 0) is 9.63 Å². The number of carbonyl (C=O) groups excluding carboxylic acids is 1. The molecule has 0 aliphatic rings. The van der Waals surface area contributed by atoms with Gasteiger partial charge in [0.1, 0.15) is 12.9 Å². The molecule has 0 atom stereocenters. The lowest BCUT2D eigenvalue weighted by Gasteiger charge is -1.96. The summed E-state index contributed by atoms with van der Waals surface area (Å²) in [7, 11) is 1.33. The lowest BCUT2D eigenvalue weighted by Crippen LogP contribution is -2.09. The highest BCUT2D eigenvalue weighted by molar-refractivity contribution is 6.34. The number of nitrogens with zero attached hydrogens (tertiary/aromatic N) is 3. The van der Waals surface area contributed by atoms with E-state index in [1.807, 2.05) is 0 Å². The molecule has 1 aromatic heterocycles. The zero-order chi connectivity index (χ0) is 9.68. The zero-order valence-corrected chi connectivity index (χ0v) is 6.97. The van der Waals surface area contributed by atoms with Crippen LogP contribution in [0.25, 0.3) is 0 Å². The van der Waals surface area contributed by atoms with E-state index in [4.69, 9.17) is 5.73 Å². The third-order valence-corrected chi connectivity index (χ3v) is 1.21. The Morgan fingerprint density at radius 2 is 2.54 bits per heavy atom. The number of anilines is 1. The molecule has 0 saturated carbocycles. The predicted octanol–water partition coefficient (Wildman–Crippen LogP) is -0.392. The normalized spacial score (nSPS) is 11.0. The van der Waals surface area contributed by atoms with Gasteiger partial charge in [-0.1, -0.05) is 5.16 Å². The fourth-order valence-corrected chi connectivity index (χ4v) is 0.709. The zero-order valence-electron chi connectivity index (χ0n) is 6.97. The third kappa shape index (κ3) is 2.22. The van der Waals surface area contributed by atoms with Crippen LogP contribution in [0, 0.1) is 0 Å². The SMILES string of the molecule is CO/N=C(/C=O)c1nccc(N)n1. The van der Waals surface area contributed by atoms with E-state index in [0.717, 1.165) is 0 Å². The van der Waals surface area contributed by atoms with E-state index in [1.54, 1.807) is 0 Å². The van der Waals surface area contributed by atoms with Crippen LogP contribution < -0.4 is 5.73 Å². The van der Waals surface area contributed by atoms with Crippen LogP contribution in [0.15, 0.2) is 17.4 Å². The smallest absolute Gasteiger partial charge is 0.187 e. The summed E-state index contributed by atoms with van der Waals surface area (Å²) in [4.78, 5) is 22.5. The van der Waals surface area contributed by atoms with E-state index < -0.39 is 0 Å². The van der Waals surface area contributed by atoms with Gasteiger partial charge in [-0.25, -0.2) is 9.97 Å². The molecule has 6 heteroatoms. The molecule has 68 valence electrons. The quantitative estimate of drug-likeness (QED) is 0.388. The average molecular weight is 180 g/mol. The Kier molecular flexibility index (Phi) is 2.91. The maximum absolute atomic E-state index is 10.5. The molecule has 0 bridgehead atoms. The molecule has 1 aromatic rings. The second kappa shape index (κ2) is 4.15. The molecular weight excluding hydrogens is 172 g/mol. The van der Waals surface area contributed by atoms with Crippen molar-refractivity contribution in [3.05, 3.63) is 18.1 Å². The molecule has 0 spiro atoms. The fraction of sp³-hybridized carbons (Fsp3) is 0.143. The average Bonchev–Trinajstić information content (AvgIpc) is 2.14. The molecule has 0 aliphatic heterocycles. The summed E-state index contributed by atoms with van der Waals surface area (Å²) in [5.41, 5.74) is 5.39. The van der Waals surface area contributed by atoms with Gasteiger partial charge in [-0.3, -0.25) is 4.79 Å². The Morgan fingerprint density at radius 3 is 3.08 bits per heavy atom. The predicted molar refractivity (Wildman–Crippen MR) is 46.1 cm³/mol. The highest BCUT2D eigenvalue weighted by Gasteiger charge is 2.06. The molecule has 2 N–H and O–H groups in total. The lowest BCUT2D eigenvalue weighted by atomic mass is 10.4. The van der Waals surface area contributed by atoms with Crippen LogP contribution in [0.1, 0.15) is 5.82 Å². The molecular formula is C7H8N4O2. The number of hydrogen-bond acceptors (Lipinski definition) is 6. The van der Waals surface area contributed by atoms with Crippen molar-refractivity contribution in [3.8, 4) is 0 Å². The molecule has 0 fully saturated rings. The summed E-state index contributed by atoms with van der Waals surface area (Å²) in [5, 5.41) is 3.42. The monoisotopic (exact) mass is 180 g/mol. The van der Waals surface area contributed by atoms with Gasteiger partial charge in [-0.2, -0.15) is 0 Å². The van der Waals surface area contributed by atoms with Gasteiger partial charge in [0.15, 0.2) is 17.8 Å². The van der Waals surface area contributed by atoms with Gasteiger partial charge in [0, 0.05) is 6.20 Å². The van der Waals surface area contributed by atoms with Crippen molar-refractivity contribution < 1.29 is 9.63 Å². The van der Waals surface area contributed by atoms with E-state index in [1.165, 1.54) is 19.4 Å². The number of oxime groups is 1. The first-order valence-corrected chi connectivity index (χ1v) is 3.43. The first-order valence-electron chi connectivity index (χ1n) is 3.43. The van der Waals surface area contributed by atoms with E-state index in [9.17, 15) is 4.79 Å². The summed E-state index contributed by atoms with van der Waals surface area (Å²) in [6.45, 7) is 0. The van der Waals surface area contributed by atoms with Gasteiger partial charge >= 0.3 is 0 Å². The molecule has 1 heterocycles. The van der Waals surface area contributed by atoms with E-state index in [0.29, 0.717) is 6.29 Å². The maximum Gasteiger partial charge on any atom is 0.187 e. The Morgan fingerprint density at radius 1 is 1.77 bits per heavy atom. The molecule has 0 saturated heterocycles. The minimum Gasteiger partial charge on any atom is -0.398 e. The minimum absolute atomic E-state index is 0.00907. The van der Waals surface area contributed by atoms with Crippen molar-refractivity contribution in [2.75, 3.05) is 12.8 Å². The van der Waals surface area contributed by atoms with Crippen LogP contribution in [0.3, 0.4) is 0 Å². The number of nitrogen functional groups attached to an aromatic ring is 1. The summed E-state index contributed by atoms with van der Waals surface area (Å²) in [6, 6.07) is 1.51. The number of hydrogen-bond donors (Lipinski definition) is 1. The summed E-state index contributed by atoms with van der Waals surface area (Å²) < 4.78 is 0. The van der Waals surface area contributed by atoms with Crippen molar-refractivity contribution in [1.82, 2.24) is 9.97 Å². The molecule has 13 heavy (non-hydrogen) atoms. The molecule has 0 aliphatic carbocycles. The standard InChI is InChI=1S/C7H8N4O2/c1-13-11-5(4-12)7-9-3-2-6(8)10-7/h2-4H,1H3,(H2,8,9,10)/b11-5-. The van der Waals surface area contributed by atoms with Crippen molar-refractivity contribution in [1.29, 1.82) is 0 Å². The van der Waals surface area contributed by atoms with Gasteiger partial charge in [0.05, 0.1) is 0 Å². The van der Waals surface area contributed by atoms with Crippen LogP contribution in [0.4, 0.5) is 5.82 Å². The number of nitrogens with two attached hydrogens (primary N) is 1. The van der Waals surface area contributed by atoms with Crippen LogP contribution in [0.2, 0.25) is 0 Å². The molecule has 6 nitrogen and oxygen atoms in total. The van der Waals surface area contributed by atoms with Crippen molar-refractivity contribution in [2.45, 2.75) is 0 Å². The molecule has 1 rings (SSSR count). The van der Waals surface area contributed by atoms with Crippen LogP contribution >= 0.6 is 0 Å². The van der Waals surface area contributed by atoms with Gasteiger partial charge < -0.3 is 10.6 Å². The van der Waals surface area contributed by atoms with Gasteiger partial charge in [0.2, 0.25) is 0 Å². The van der Waals surface area contributed by atoms with Gasteiger partial charge in [0.25, 0.3) is 0 Å². The Balaban J connectivity index is 3.05. The number of carbonyl (C=O) groups is 1. The molecule has 0 aromatic carbocycles. The van der Waals surface area contributed by atoms with Crippen LogP contribution in [0.5, 0.6) is 0 Å².